The normalized spacial score (nSPS) is 23.8. The van der Waals surface area contributed by atoms with Gasteiger partial charge in [-0.25, -0.2) is 38.4 Å². The smallest absolute Gasteiger partial charge is 0.410 e. The molecular weight excluding hydrogens is 1360 g/mol. The van der Waals surface area contributed by atoms with E-state index in [4.69, 9.17) is 39.6 Å². The number of likely N-dealkylation sites (tertiary alicyclic amines) is 1. The van der Waals surface area contributed by atoms with Crippen LogP contribution in [0.4, 0.5) is 30.6 Å². The molecule has 11 aliphatic rings. The molecule has 5 amide bonds. The number of rotatable bonds is 9. The topological polar surface area (TPSA) is 329 Å². The Kier molecular flexibility index (Phi) is 27.9. The lowest BCUT2D eigenvalue weighted by Gasteiger charge is -2.35. The molecule has 4 N–H and O–H groups in total. The molecule has 7 fully saturated rings. The highest BCUT2D eigenvalue weighted by Crippen LogP contribution is 2.48. The zero-order valence-electron chi connectivity index (χ0n) is 62.8. The number of hydrogen-bond acceptors (Lipinski definition) is 22. The second-order valence-electron chi connectivity index (χ2n) is 27.8. The minimum atomic E-state index is -0.737. The summed E-state index contributed by atoms with van der Waals surface area (Å²) in [5.74, 6) is -0.402. The van der Waals surface area contributed by atoms with Gasteiger partial charge in [0.1, 0.15) is 17.1 Å². The first-order valence-electron chi connectivity index (χ1n) is 36.9. The van der Waals surface area contributed by atoms with E-state index in [1.807, 2.05) is 54.0 Å². The van der Waals surface area contributed by atoms with Crippen LogP contribution in [0.15, 0.2) is 94.5 Å². The summed E-state index contributed by atoms with van der Waals surface area (Å²) < 4.78 is 44.0. The van der Waals surface area contributed by atoms with Crippen LogP contribution in [-0.4, -0.2) is 188 Å². The fourth-order valence-electron chi connectivity index (χ4n) is 16.7. The maximum absolute atomic E-state index is 12.2. The minimum absolute atomic E-state index is 0.0161. The lowest BCUT2D eigenvalue weighted by molar-refractivity contribution is -0.136. The summed E-state index contributed by atoms with van der Waals surface area (Å²) in [6.07, 6.45) is 18.1. The third-order valence-corrected chi connectivity index (χ3v) is 21.5. The van der Waals surface area contributed by atoms with Crippen LogP contribution in [0.5, 0.6) is 0 Å². The maximum Gasteiger partial charge on any atom is 0.410 e. The number of ether oxygens (including phenoxy) is 8. The molecule has 27 nitrogen and oxygen atoms in total. The lowest BCUT2D eigenvalue weighted by atomic mass is 9.92. The summed E-state index contributed by atoms with van der Waals surface area (Å²) in [4.78, 5) is 127. The number of nitrogens with two attached hydrogens (primary N) is 2. The lowest BCUT2D eigenvalue weighted by Crippen LogP contribution is -2.46. The van der Waals surface area contributed by atoms with Gasteiger partial charge >= 0.3 is 47.9 Å². The number of ketones is 1. The molecule has 0 saturated carbocycles. The maximum atomic E-state index is 12.2. The van der Waals surface area contributed by atoms with E-state index in [1.54, 1.807) is 47.7 Å². The minimum Gasteiger partial charge on any atom is -0.504 e. The van der Waals surface area contributed by atoms with Crippen LogP contribution in [0.25, 0.3) is 0 Å². The second-order valence-corrected chi connectivity index (χ2v) is 27.8. The van der Waals surface area contributed by atoms with Crippen molar-refractivity contribution in [2.24, 2.45) is 0 Å². The van der Waals surface area contributed by atoms with E-state index >= 15 is 0 Å². The van der Waals surface area contributed by atoms with Crippen LogP contribution in [0.1, 0.15) is 214 Å². The number of carbonyl (C=O) groups excluding carboxylic acids is 9. The molecule has 4 aromatic rings. The molecule has 0 aliphatic carbocycles. The number of esters is 3. The average Bonchev–Trinajstić information content (AvgIpc) is 1.53. The van der Waals surface area contributed by atoms with Gasteiger partial charge in [-0.2, -0.15) is 0 Å². The molecule has 0 spiro atoms. The molecule has 10 unspecified atom stereocenters. The zero-order chi connectivity index (χ0) is 76.6. The third-order valence-electron chi connectivity index (χ3n) is 21.5. The molecule has 1 aromatic heterocycles. The van der Waals surface area contributed by atoms with Gasteiger partial charge in [-0.1, -0.05) is 24.8 Å². The van der Waals surface area contributed by atoms with E-state index in [0.29, 0.717) is 86.7 Å². The Bertz CT molecular complexity index is 3950. The fraction of sp³-hybridized carbons (Fsp3) is 0.544. The van der Waals surface area contributed by atoms with Gasteiger partial charge in [0.25, 0.3) is 0 Å². The standard InChI is InChI=1S/C16H19NO4.C15H17NO6.C14H18N2O2.C12H16N2.C10H15NO3.C6H9NO.C6H10O3/c1-3-21-16(19)17-12-6-7-14(17)13-9-11(15(18)20-2)5-4-10(13)8-12;1-3-21-15(19)16-8-4-5-11(16)9-7-10(13(17)20-2)14(18)22-12(9)6-8;1-2-18-14(17)16-11-5-6-13(16)12-8-10(15)4-3-9(12)7-11;1-14-10-4-5-12(14)11-7-9(13)3-2-8(11)6-10;1-2-14-10(13)11-7-3-4-8(11)6-9(12)5-7;1-2-7-5-3-4-6(7)8;1-5(4-8-2)6(7)9-3/h4-5,9,12,14H,3,6-8H2,1-2H3;7-8,11H,3-6H2,1-2H3;3-4,8,11,13H,2,5-7,15H2,1H3;2-3,7,10,12H,4-6,13H2,1H3;7-8H,2-6H2,1H3;2H,1,3-5H2;4H,1-3H3/b;;;;;;5-4+. The number of anilines is 2. The number of fused-ring (bicyclic) bond motifs is 18. The first kappa shape index (κ1) is 80.2. The Hall–Kier alpha value is -9.92. The predicted octanol–water partition coefficient (Wildman–Crippen LogP) is 11.6. The molecular formula is C79H104N8O19. The molecule has 574 valence electrons. The van der Waals surface area contributed by atoms with Crippen molar-refractivity contribution >= 4 is 65.3 Å². The van der Waals surface area contributed by atoms with Crippen LogP contribution in [0.3, 0.4) is 0 Å². The van der Waals surface area contributed by atoms with Crippen molar-refractivity contribution in [3.63, 3.8) is 0 Å². The number of nitrogen functional groups attached to an aromatic ring is 2. The Morgan fingerprint density at radius 3 is 1.39 bits per heavy atom. The van der Waals surface area contributed by atoms with Crippen molar-refractivity contribution in [1.82, 2.24) is 29.4 Å². The monoisotopic (exact) mass is 1470 g/mol. The average molecular weight is 1470 g/mol. The number of nitrogens with zero attached hydrogens (tertiary/aromatic N) is 6. The first-order chi connectivity index (χ1) is 51.0. The summed E-state index contributed by atoms with van der Waals surface area (Å²) in [5.41, 5.74) is 22.0. The predicted molar refractivity (Wildman–Crippen MR) is 392 cm³/mol. The number of amides is 5. The molecule has 0 radical (unpaired) electrons. The third kappa shape index (κ3) is 18.3. The van der Waals surface area contributed by atoms with Crippen LogP contribution < -0.4 is 17.1 Å². The van der Waals surface area contributed by atoms with E-state index in [2.05, 4.69) is 50.9 Å². The van der Waals surface area contributed by atoms with Crippen LogP contribution in [0.2, 0.25) is 0 Å². The molecule has 7 saturated heterocycles. The summed E-state index contributed by atoms with van der Waals surface area (Å²) >= 11 is 0. The van der Waals surface area contributed by atoms with E-state index in [0.717, 1.165) is 100 Å². The summed E-state index contributed by atoms with van der Waals surface area (Å²) in [6, 6.07) is 21.6. The van der Waals surface area contributed by atoms with Crippen LogP contribution in [-0.2, 0) is 78.0 Å². The summed E-state index contributed by atoms with van der Waals surface area (Å²) in [6.45, 7) is 14.7. The number of piperidine rings is 1. The van der Waals surface area contributed by atoms with Crippen molar-refractivity contribution in [3.8, 4) is 0 Å². The first-order valence-corrected chi connectivity index (χ1v) is 36.9. The van der Waals surface area contributed by atoms with Gasteiger partial charge in [0.15, 0.2) is 0 Å². The van der Waals surface area contributed by atoms with Gasteiger partial charge in [-0.3, -0.25) is 29.2 Å². The molecule has 12 heterocycles. The highest BCUT2D eigenvalue weighted by atomic mass is 16.6. The molecule has 3 aromatic carbocycles. The Balaban J connectivity index is 0.000000146. The number of Topliss-reactive ketones (excluding diaryl/α,β-unsaturated/α-hetero) is 1. The van der Waals surface area contributed by atoms with Gasteiger partial charge in [-0.05, 0) is 214 Å². The van der Waals surface area contributed by atoms with Gasteiger partial charge in [0.05, 0.1) is 90.4 Å². The van der Waals surface area contributed by atoms with Gasteiger partial charge in [0.2, 0.25) is 5.91 Å². The fourth-order valence-corrected chi connectivity index (χ4v) is 16.7. The number of benzene rings is 3. The Morgan fingerprint density at radius 1 is 0.509 bits per heavy atom. The molecule has 27 heteroatoms. The molecule has 15 rings (SSSR count). The number of likely N-dealkylation sites (N-methyl/N-ethyl adjacent to an activating group) is 1. The Labute approximate surface area is 619 Å². The van der Waals surface area contributed by atoms with Crippen LogP contribution >= 0.6 is 0 Å². The highest BCUT2D eigenvalue weighted by molar-refractivity contribution is 5.90. The Morgan fingerprint density at radius 2 is 0.934 bits per heavy atom. The van der Waals surface area contributed by atoms with Crippen LogP contribution in [0, 0.1) is 0 Å². The van der Waals surface area contributed by atoms with Gasteiger partial charge in [0, 0.05) is 91.5 Å². The summed E-state index contributed by atoms with van der Waals surface area (Å²) in [5, 5.41) is 0. The number of carbonyl (C=O) groups is 9. The molecule has 10 bridgehead atoms. The van der Waals surface area contributed by atoms with Gasteiger partial charge < -0.3 is 63.6 Å². The molecule has 11 aliphatic heterocycles. The van der Waals surface area contributed by atoms with Crippen molar-refractivity contribution in [2.75, 3.05) is 79.9 Å². The van der Waals surface area contributed by atoms with Gasteiger partial charge in [-0.15, -0.1) is 0 Å². The molecule has 106 heavy (non-hydrogen) atoms. The zero-order valence-corrected chi connectivity index (χ0v) is 62.8. The summed E-state index contributed by atoms with van der Waals surface area (Å²) in [7, 11) is 7.63. The van der Waals surface area contributed by atoms with Crippen molar-refractivity contribution < 1.29 is 85.5 Å². The second kappa shape index (κ2) is 36.9. The van der Waals surface area contributed by atoms with E-state index in [-0.39, 0.29) is 95.9 Å². The van der Waals surface area contributed by atoms with E-state index in [9.17, 15) is 47.9 Å². The van der Waals surface area contributed by atoms with Crippen molar-refractivity contribution in [3.05, 3.63) is 152 Å². The quantitative estimate of drug-likeness (QED) is 0.0517. The molecule has 10 atom stereocenters. The van der Waals surface area contributed by atoms with Crippen molar-refractivity contribution in [1.29, 1.82) is 0 Å². The SMILES string of the molecule is C=CN1CCCC1=O.CCOC(=O)N1C2CCC1CC(=O)C2.CCOC(=O)N1C2CCC1c1cc(C(=O)OC)c(=O)oc1C2.CCOC(=O)N1C2CCC1c1cc(C(=O)OC)ccc1C2.CCOC(=O)N1C2CCC1c1cc(N)ccc1C2.CN1C2CCC1c1cc(N)ccc1C2.CO/C=C(\C)C(=O)OC. The van der Waals surface area contributed by atoms with E-state index < -0.39 is 11.6 Å². The van der Waals surface area contributed by atoms with E-state index in [1.165, 1.54) is 87.8 Å². The largest absolute Gasteiger partial charge is 0.504 e. The van der Waals surface area contributed by atoms with Crippen molar-refractivity contribution in [2.45, 2.75) is 211 Å². The number of hydrogen-bond donors (Lipinski definition) is 2. The highest BCUT2D eigenvalue weighted by Gasteiger charge is 2.48. The number of methoxy groups -OCH3 is 4.